The van der Waals surface area contributed by atoms with E-state index in [1.54, 1.807) is 14.2 Å². The van der Waals surface area contributed by atoms with E-state index in [0.29, 0.717) is 36.6 Å². The van der Waals surface area contributed by atoms with Crippen LogP contribution >= 0.6 is 0 Å². The van der Waals surface area contributed by atoms with E-state index in [2.05, 4.69) is 4.90 Å². The first-order chi connectivity index (χ1) is 13.6. The molecule has 7 nitrogen and oxygen atoms in total. The normalized spacial score (nSPS) is 22.1. The molecule has 3 heterocycles. The largest absolute Gasteiger partial charge is 0.493 e. The second-order valence-corrected chi connectivity index (χ2v) is 7.33. The number of hydrogen-bond donors (Lipinski definition) is 1. The molecule has 2 unspecified atom stereocenters. The molecule has 7 heteroatoms. The van der Waals surface area contributed by atoms with Gasteiger partial charge in [-0.05, 0) is 59.4 Å². The van der Waals surface area contributed by atoms with E-state index in [-0.39, 0.29) is 12.8 Å². The zero-order chi connectivity index (χ0) is 19.4. The molecule has 0 radical (unpaired) electrons. The third-order valence-electron chi connectivity index (χ3n) is 5.96. The highest BCUT2D eigenvalue weighted by atomic mass is 16.7. The molecule has 2 aromatic carbocycles. The Balaban J connectivity index is 1.62. The van der Waals surface area contributed by atoms with Crippen LogP contribution in [-0.4, -0.2) is 43.0 Å². The van der Waals surface area contributed by atoms with Gasteiger partial charge in [0.2, 0.25) is 6.79 Å². The molecule has 3 aliphatic rings. The summed E-state index contributed by atoms with van der Waals surface area (Å²) in [5.41, 5.74) is 4.35. The second kappa shape index (κ2) is 6.31. The summed E-state index contributed by atoms with van der Waals surface area (Å²) in [4.78, 5) is 14.1. The summed E-state index contributed by atoms with van der Waals surface area (Å²) in [6.45, 7) is 0.750. The molecule has 146 valence electrons. The molecule has 5 rings (SSSR count). The highest BCUT2D eigenvalue weighted by Gasteiger charge is 2.42. The van der Waals surface area contributed by atoms with Crippen LogP contribution in [0.3, 0.4) is 0 Å². The maximum absolute atomic E-state index is 12.0. The van der Waals surface area contributed by atoms with Crippen molar-refractivity contribution in [1.82, 2.24) is 4.90 Å². The molecule has 0 spiro atoms. The van der Waals surface area contributed by atoms with Crippen LogP contribution in [0, 0.1) is 0 Å². The third-order valence-corrected chi connectivity index (χ3v) is 5.96. The number of carbonyl (C=O) groups is 1. The van der Waals surface area contributed by atoms with Gasteiger partial charge in [-0.15, -0.1) is 0 Å². The molecule has 0 bridgehead atoms. The van der Waals surface area contributed by atoms with Gasteiger partial charge in [0.15, 0.2) is 23.0 Å². The van der Waals surface area contributed by atoms with Gasteiger partial charge in [0.25, 0.3) is 0 Å². The number of rotatable bonds is 3. The van der Waals surface area contributed by atoms with Crippen LogP contribution in [0.2, 0.25) is 0 Å². The van der Waals surface area contributed by atoms with Crippen LogP contribution in [-0.2, 0) is 24.2 Å². The standard InChI is InChI=1S/C21H21NO6/c1-25-17-5-11-3-15-14-8-20-19(27-10-28-20)6-12(14)4-16(21(23)24)22(15)9-13(11)7-18(17)26-2/h5-8,15-16H,3-4,9-10H2,1-2H3,(H,23,24). The fourth-order valence-corrected chi connectivity index (χ4v) is 4.59. The van der Waals surface area contributed by atoms with Gasteiger partial charge in [-0.2, -0.15) is 0 Å². The Kier molecular flexibility index (Phi) is 3.87. The minimum absolute atomic E-state index is 0.0371. The van der Waals surface area contributed by atoms with Crippen molar-refractivity contribution in [3.8, 4) is 23.0 Å². The van der Waals surface area contributed by atoms with Gasteiger partial charge >= 0.3 is 5.97 Å². The molecule has 0 amide bonds. The Hall–Kier alpha value is -2.93. The maximum atomic E-state index is 12.0. The first kappa shape index (κ1) is 17.2. The van der Waals surface area contributed by atoms with E-state index >= 15 is 0 Å². The fraction of sp³-hybridized carbons (Fsp3) is 0.381. The molecular formula is C21H21NO6. The lowest BCUT2D eigenvalue weighted by Gasteiger charge is -2.45. The van der Waals surface area contributed by atoms with E-state index in [9.17, 15) is 9.90 Å². The Morgan fingerprint density at radius 2 is 1.68 bits per heavy atom. The minimum atomic E-state index is -0.808. The molecular weight excluding hydrogens is 362 g/mol. The molecule has 0 fully saturated rings. The maximum Gasteiger partial charge on any atom is 0.321 e. The Morgan fingerprint density at radius 1 is 1.00 bits per heavy atom. The molecule has 1 N–H and O–H groups in total. The molecule has 28 heavy (non-hydrogen) atoms. The summed E-state index contributed by atoms with van der Waals surface area (Å²) in [6.07, 6.45) is 1.15. The minimum Gasteiger partial charge on any atom is -0.493 e. The van der Waals surface area contributed by atoms with Crippen LogP contribution in [0.15, 0.2) is 24.3 Å². The summed E-state index contributed by atoms with van der Waals surface area (Å²) in [6, 6.07) is 7.29. The molecule has 0 saturated heterocycles. The van der Waals surface area contributed by atoms with E-state index in [0.717, 1.165) is 28.0 Å². The summed E-state index contributed by atoms with van der Waals surface area (Å²) in [5, 5.41) is 9.88. The van der Waals surface area contributed by atoms with Gasteiger partial charge in [0.1, 0.15) is 6.04 Å². The van der Waals surface area contributed by atoms with Gasteiger partial charge in [0, 0.05) is 12.6 Å². The number of benzene rings is 2. The average Bonchev–Trinajstić information content (AvgIpc) is 3.16. The molecule has 2 aromatic rings. The monoisotopic (exact) mass is 383 g/mol. The lowest BCUT2D eigenvalue weighted by Crippen LogP contribution is -2.50. The van der Waals surface area contributed by atoms with Crippen LogP contribution in [0.25, 0.3) is 0 Å². The second-order valence-electron chi connectivity index (χ2n) is 7.33. The number of methoxy groups -OCH3 is 2. The summed E-state index contributed by atoms with van der Waals surface area (Å²) >= 11 is 0. The van der Waals surface area contributed by atoms with Gasteiger partial charge in [-0.1, -0.05) is 0 Å². The van der Waals surface area contributed by atoms with Crippen molar-refractivity contribution in [3.05, 3.63) is 46.5 Å². The first-order valence-corrected chi connectivity index (χ1v) is 9.23. The molecule has 0 aliphatic carbocycles. The summed E-state index contributed by atoms with van der Waals surface area (Å²) < 4.78 is 21.9. The van der Waals surface area contributed by atoms with Gasteiger partial charge < -0.3 is 24.1 Å². The zero-order valence-electron chi connectivity index (χ0n) is 15.7. The molecule has 2 atom stereocenters. The highest BCUT2D eigenvalue weighted by Crippen LogP contribution is 2.46. The van der Waals surface area contributed by atoms with Crippen molar-refractivity contribution in [2.45, 2.75) is 31.5 Å². The molecule has 0 aromatic heterocycles. The number of carboxylic acids is 1. The van der Waals surface area contributed by atoms with Crippen molar-refractivity contribution in [2.75, 3.05) is 21.0 Å². The number of ether oxygens (including phenoxy) is 4. The number of hydrogen-bond acceptors (Lipinski definition) is 6. The number of nitrogens with zero attached hydrogens (tertiary/aromatic N) is 1. The van der Waals surface area contributed by atoms with E-state index < -0.39 is 12.0 Å². The Bertz CT molecular complexity index is 972. The molecule has 3 aliphatic heterocycles. The van der Waals surface area contributed by atoms with Crippen molar-refractivity contribution < 1.29 is 28.8 Å². The van der Waals surface area contributed by atoms with Crippen molar-refractivity contribution >= 4 is 5.97 Å². The molecule has 0 saturated carbocycles. The van der Waals surface area contributed by atoms with E-state index in [1.165, 1.54) is 0 Å². The van der Waals surface area contributed by atoms with Crippen molar-refractivity contribution in [1.29, 1.82) is 0 Å². The summed E-state index contributed by atoms with van der Waals surface area (Å²) in [7, 11) is 3.23. The Labute approximate surface area is 162 Å². The number of carboxylic acid groups (broad SMARTS) is 1. The topological polar surface area (TPSA) is 77.5 Å². The highest BCUT2D eigenvalue weighted by molar-refractivity contribution is 5.75. The smallest absolute Gasteiger partial charge is 0.321 e. The van der Waals surface area contributed by atoms with Crippen molar-refractivity contribution in [3.63, 3.8) is 0 Å². The van der Waals surface area contributed by atoms with Crippen LogP contribution in [0.1, 0.15) is 28.3 Å². The SMILES string of the molecule is COc1cc2c(cc1OC)CN1C(C(=O)O)Cc3cc4c(cc3C1C2)OCO4. The van der Waals surface area contributed by atoms with Crippen LogP contribution in [0.4, 0.5) is 0 Å². The number of aliphatic carboxylic acids is 1. The third kappa shape index (κ3) is 2.50. The summed E-state index contributed by atoms with van der Waals surface area (Å²) in [5.74, 6) is 1.96. The lowest BCUT2D eigenvalue weighted by atomic mass is 9.81. The average molecular weight is 383 g/mol. The van der Waals surface area contributed by atoms with Crippen LogP contribution in [0.5, 0.6) is 23.0 Å². The fourth-order valence-electron chi connectivity index (χ4n) is 4.59. The van der Waals surface area contributed by atoms with E-state index in [1.807, 2.05) is 24.3 Å². The van der Waals surface area contributed by atoms with Gasteiger partial charge in [-0.3, -0.25) is 9.69 Å². The lowest BCUT2D eigenvalue weighted by molar-refractivity contribution is -0.145. The predicted molar refractivity (Wildman–Crippen MR) is 99.2 cm³/mol. The predicted octanol–water partition coefficient (Wildman–Crippen LogP) is 2.54. The van der Waals surface area contributed by atoms with E-state index in [4.69, 9.17) is 18.9 Å². The first-order valence-electron chi connectivity index (χ1n) is 9.23. The number of fused-ring (bicyclic) bond motifs is 5. The zero-order valence-corrected chi connectivity index (χ0v) is 15.7. The van der Waals surface area contributed by atoms with Crippen molar-refractivity contribution in [2.24, 2.45) is 0 Å². The van der Waals surface area contributed by atoms with Crippen LogP contribution < -0.4 is 18.9 Å². The Morgan fingerprint density at radius 3 is 2.36 bits per heavy atom. The van der Waals surface area contributed by atoms with Gasteiger partial charge in [0.05, 0.1) is 14.2 Å². The quantitative estimate of drug-likeness (QED) is 0.873. The van der Waals surface area contributed by atoms with Gasteiger partial charge in [-0.25, -0.2) is 0 Å².